The Bertz CT molecular complexity index is 504. The number of fused-ring (bicyclic) bond motifs is 3. The minimum Gasteiger partial charge on any atom is -0.257 e. The van der Waals surface area contributed by atoms with Crippen molar-refractivity contribution in [3.8, 4) is 0 Å². The first-order valence-corrected chi connectivity index (χ1v) is 7.04. The van der Waals surface area contributed by atoms with Crippen molar-refractivity contribution in [1.82, 2.24) is 0 Å². The molecule has 1 fully saturated rings. The quantitative estimate of drug-likeness (QED) is 0.685. The topological polar surface area (TPSA) is 12.4 Å². The van der Waals surface area contributed by atoms with E-state index in [-0.39, 0.29) is 5.41 Å². The first-order valence-electron chi connectivity index (χ1n) is 6.25. The Hall–Kier alpha value is -0.890. The summed E-state index contributed by atoms with van der Waals surface area (Å²) in [5, 5.41) is 0. The van der Waals surface area contributed by atoms with Crippen molar-refractivity contribution < 1.29 is 0 Å². The Morgan fingerprint density at radius 1 is 1.41 bits per heavy atom. The van der Waals surface area contributed by atoms with Crippen LogP contribution in [0.15, 0.2) is 40.3 Å². The number of allylic oxidation sites excluding steroid dienone is 1. The van der Waals surface area contributed by atoms with E-state index < -0.39 is 0 Å². The average molecular weight is 290 g/mol. The van der Waals surface area contributed by atoms with Crippen molar-refractivity contribution in [1.29, 1.82) is 0 Å². The fraction of sp³-hybridized carbons (Fsp3) is 0.400. The Kier molecular flexibility index (Phi) is 2.70. The van der Waals surface area contributed by atoms with Gasteiger partial charge in [-0.1, -0.05) is 28.4 Å². The van der Waals surface area contributed by atoms with E-state index in [0.29, 0.717) is 0 Å². The van der Waals surface area contributed by atoms with Crippen LogP contribution in [0.4, 0.5) is 5.69 Å². The van der Waals surface area contributed by atoms with Crippen molar-refractivity contribution in [3.63, 3.8) is 0 Å². The fourth-order valence-corrected chi connectivity index (χ4v) is 3.63. The van der Waals surface area contributed by atoms with Crippen LogP contribution in [0.1, 0.15) is 37.7 Å². The van der Waals surface area contributed by atoms with E-state index in [2.05, 4.69) is 46.8 Å². The summed E-state index contributed by atoms with van der Waals surface area (Å²) in [6, 6.07) is 6.47. The molecule has 0 aromatic heterocycles. The Balaban J connectivity index is 2.17. The van der Waals surface area contributed by atoms with Crippen molar-refractivity contribution >= 4 is 27.3 Å². The van der Waals surface area contributed by atoms with Crippen LogP contribution in [0, 0.1) is 0 Å². The molecule has 1 aliphatic heterocycles. The molecule has 17 heavy (non-hydrogen) atoms. The predicted octanol–water partition coefficient (Wildman–Crippen LogP) is 4.92. The van der Waals surface area contributed by atoms with Gasteiger partial charge in [0.1, 0.15) is 0 Å². The second kappa shape index (κ2) is 4.09. The van der Waals surface area contributed by atoms with E-state index in [1.807, 2.05) is 0 Å². The zero-order valence-corrected chi connectivity index (χ0v) is 11.5. The smallest absolute Gasteiger partial charge is 0.0671 e. The number of benzene rings is 1. The first-order chi connectivity index (χ1) is 8.26. The number of halogens is 1. The van der Waals surface area contributed by atoms with Gasteiger partial charge in [-0.3, -0.25) is 4.99 Å². The summed E-state index contributed by atoms with van der Waals surface area (Å²) >= 11 is 3.58. The molecule has 0 N–H and O–H groups in total. The van der Waals surface area contributed by atoms with Crippen LogP contribution in [0.2, 0.25) is 0 Å². The molecule has 1 heterocycles. The van der Waals surface area contributed by atoms with Crippen LogP contribution in [0.25, 0.3) is 0 Å². The molecule has 2 heteroatoms. The molecule has 0 spiro atoms. The number of rotatable bonds is 2. The van der Waals surface area contributed by atoms with E-state index in [0.717, 1.165) is 17.3 Å². The summed E-state index contributed by atoms with van der Waals surface area (Å²) in [7, 11) is 0. The van der Waals surface area contributed by atoms with Crippen LogP contribution in [0.3, 0.4) is 0 Å². The molecule has 1 nitrogen and oxygen atoms in total. The van der Waals surface area contributed by atoms with Gasteiger partial charge >= 0.3 is 0 Å². The summed E-state index contributed by atoms with van der Waals surface area (Å²) in [5.74, 6) is 0. The number of hydrogen-bond donors (Lipinski definition) is 0. The lowest BCUT2D eigenvalue weighted by molar-refractivity contribution is 0.467. The molecule has 0 amide bonds. The van der Waals surface area contributed by atoms with Gasteiger partial charge in [-0.25, -0.2) is 0 Å². The van der Waals surface area contributed by atoms with E-state index >= 15 is 0 Å². The Morgan fingerprint density at radius 2 is 2.29 bits per heavy atom. The summed E-state index contributed by atoms with van der Waals surface area (Å²) in [6.07, 6.45) is 8.04. The van der Waals surface area contributed by atoms with Crippen LogP contribution in [-0.2, 0) is 5.41 Å². The van der Waals surface area contributed by atoms with Crippen LogP contribution in [-0.4, -0.2) is 5.71 Å². The molecule has 1 aromatic carbocycles. The van der Waals surface area contributed by atoms with Crippen LogP contribution >= 0.6 is 15.9 Å². The number of nitrogens with zero attached hydrogens (tertiary/aromatic N) is 1. The second-order valence-electron chi connectivity index (χ2n) is 5.00. The maximum Gasteiger partial charge on any atom is 0.0671 e. The maximum absolute atomic E-state index is 4.85. The SMILES string of the molecule is C=CCC12CCCCC1=Nc1ccc(Br)cc12. The molecule has 1 unspecified atom stereocenters. The van der Waals surface area contributed by atoms with Gasteiger partial charge in [-0.15, -0.1) is 6.58 Å². The number of hydrogen-bond acceptors (Lipinski definition) is 1. The molecule has 0 saturated heterocycles. The zero-order chi connectivity index (χ0) is 11.9. The monoisotopic (exact) mass is 289 g/mol. The summed E-state index contributed by atoms with van der Waals surface area (Å²) in [4.78, 5) is 4.85. The third-order valence-electron chi connectivity index (χ3n) is 4.04. The normalized spacial score (nSPS) is 26.1. The van der Waals surface area contributed by atoms with Gasteiger partial charge in [0, 0.05) is 15.6 Å². The molecule has 2 aliphatic rings. The van der Waals surface area contributed by atoms with Crippen molar-refractivity contribution in [3.05, 3.63) is 40.9 Å². The molecule has 1 atom stereocenters. The second-order valence-corrected chi connectivity index (χ2v) is 5.92. The van der Waals surface area contributed by atoms with Crippen molar-refractivity contribution in [2.75, 3.05) is 0 Å². The van der Waals surface area contributed by atoms with Gasteiger partial charge in [0.15, 0.2) is 0 Å². The average Bonchev–Trinajstić information content (AvgIpc) is 2.64. The largest absolute Gasteiger partial charge is 0.257 e. The first kappa shape index (κ1) is 11.2. The van der Waals surface area contributed by atoms with E-state index in [1.54, 1.807) is 0 Å². The standard InChI is InChI=1S/C15H16BrN/c1-2-8-15-9-4-3-5-14(15)17-13-7-6-11(16)10-12(13)15/h2,6-7,10H,1,3-5,8-9H2. The lowest BCUT2D eigenvalue weighted by Crippen LogP contribution is -2.35. The van der Waals surface area contributed by atoms with Gasteiger partial charge in [0.05, 0.1) is 5.69 Å². The third-order valence-corrected chi connectivity index (χ3v) is 4.54. The van der Waals surface area contributed by atoms with E-state index in [1.165, 1.54) is 36.2 Å². The molecule has 3 rings (SSSR count). The maximum atomic E-state index is 4.85. The van der Waals surface area contributed by atoms with E-state index in [9.17, 15) is 0 Å². The lowest BCUT2D eigenvalue weighted by atomic mass is 9.67. The highest BCUT2D eigenvalue weighted by Gasteiger charge is 2.43. The molecule has 0 radical (unpaired) electrons. The third kappa shape index (κ3) is 1.61. The number of aliphatic imine (C=N–C) groups is 1. The zero-order valence-electron chi connectivity index (χ0n) is 9.88. The summed E-state index contributed by atoms with van der Waals surface area (Å²) < 4.78 is 1.15. The van der Waals surface area contributed by atoms with Crippen molar-refractivity contribution in [2.45, 2.75) is 37.5 Å². The molecule has 0 bridgehead atoms. The molecule has 1 aliphatic carbocycles. The summed E-state index contributed by atoms with van der Waals surface area (Å²) in [5.41, 5.74) is 4.13. The van der Waals surface area contributed by atoms with E-state index in [4.69, 9.17) is 4.99 Å². The van der Waals surface area contributed by atoms with Gasteiger partial charge in [0.25, 0.3) is 0 Å². The highest BCUT2D eigenvalue weighted by atomic mass is 79.9. The fourth-order valence-electron chi connectivity index (χ4n) is 3.27. The van der Waals surface area contributed by atoms with Crippen molar-refractivity contribution in [2.24, 2.45) is 4.99 Å². The van der Waals surface area contributed by atoms with Gasteiger partial charge in [-0.2, -0.15) is 0 Å². The van der Waals surface area contributed by atoms with Crippen LogP contribution < -0.4 is 0 Å². The molecule has 88 valence electrons. The predicted molar refractivity (Wildman–Crippen MR) is 76.2 cm³/mol. The van der Waals surface area contributed by atoms with Crippen LogP contribution in [0.5, 0.6) is 0 Å². The molecular weight excluding hydrogens is 274 g/mol. The Morgan fingerprint density at radius 3 is 3.12 bits per heavy atom. The van der Waals surface area contributed by atoms with Gasteiger partial charge < -0.3 is 0 Å². The van der Waals surface area contributed by atoms with Gasteiger partial charge in [-0.05, 0) is 49.4 Å². The highest BCUT2D eigenvalue weighted by molar-refractivity contribution is 9.10. The highest BCUT2D eigenvalue weighted by Crippen LogP contribution is 2.50. The minimum absolute atomic E-state index is 0.166. The summed E-state index contributed by atoms with van der Waals surface area (Å²) in [6.45, 7) is 3.94. The minimum atomic E-state index is 0.166. The Labute approximate surface area is 111 Å². The molecule has 1 saturated carbocycles. The molecule has 1 aromatic rings. The molecular formula is C15H16BrN. The van der Waals surface area contributed by atoms with Gasteiger partial charge in [0.2, 0.25) is 0 Å². The lowest BCUT2D eigenvalue weighted by Gasteiger charge is -2.35.